The third-order valence-electron chi connectivity index (χ3n) is 17.1. The number of fused-ring (bicyclic) bond motifs is 8. The Bertz CT molecular complexity index is 4690. The second kappa shape index (κ2) is 20.3. The molecule has 394 valence electrons. The molecule has 16 rings (SSSR count). The number of rotatable bonds is 10. The predicted octanol–water partition coefficient (Wildman–Crippen LogP) is 20.4. The summed E-state index contributed by atoms with van der Waals surface area (Å²) >= 11 is 0. The van der Waals surface area contributed by atoms with Gasteiger partial charge in [0.05, 0.1) is 0 Å². The van der Waals surface area contributed by atoms with Crippen molar-refractivity contribution in [2.24, 2.45) is 0 Å². The molecular weight excluding hydrogens is 1020 g/mol. The Morgan fingerprint density at radius 1 is 0.333 bits per heavy atom. The van der Waals surface area contributed by atoms with Crippen molar-refractivity contribution in [3.8, 4) is 66.8 Å². The number of nitrogens with zero attached hydrogens (tertiary/aromatic N) is 3. The molecule has 5 heteroatoms. The Morgan fingerprint density at radius 3 is 1.36 bits per heavy atom. The van der Waals surface area contributed by atoms with E-state index in [0.29, 0.717) is 0 Å². The van der Waals surface area contributed by atoms with Gasteiger partial charge < -0.3 is 19.0 Å². The fraction of sp³-hybridized carbons (Fsp3) is 0.0127. The van der Waals surface area contributed by atoms with Gasteiger partial charge in [0.15, 0.2) is 0 Å². The van der Waals surface area contributed by atoms with Gasteiger partial charge in [-0.3, -0.25) is 0 Å². The van der Waals surface area contributed by atoms with Crippen LogP contribution in [-0.2, 0) is 0 Å². The van der Waals surface area contributed by atoms with E-state index in [-0.39, 0.29) is 6.85 Å². The molecular formula is C79H54BN3O. The van der Waals surface area contributed by atoms with Gasteiger partial charge in [0.1, 0.15) is 11.2 Å². The van der Waals surface area contributed by atoms with Crippen molar-refractivity contribution in [1.82, 2.24) is 0 Å². The SMILES string of the molecule is Cc1cc(-c2ccccc2)ccc1N1c2ccc(N(c3ccc(-c4ccccc4)cc3)c3ccc(-c4ccccc4)cc3)cc2B2c3c1cc1c(oc4ccccc41)c3-c1cc(-c3ccccc3)ccc1N2c1cccc(-c2ccccc2)c1. The van der Waals surface area contributed by atoms with E-state index >= 15 is 0 Å². The number of hydrogen-bond acceptors (Lipinski definition) is 4. The molecule has 4 nitrogen and oxygen atoms in total. The van der Waals surface area contributed by atoms with Gasteiger partial charge in [-0.2, -0.15) is 0 Å². The molecule has 0 fully saturated rings. The summed E-state index contributed by atoms with van der Waals surface area (Å²) in [5, 5.41) is 2.17. The maximum absolute atomic E-state index is 7.28. The van der Waals surface area contributed by atoms with Crippen molar-refractivity contribution >= 4 is 85.2 Å². The Kier molecular flexibility index (Phi) is 11.8. The number of hydrogen-bond donors (Lipinski definition) is 0. The van der Waals surface area contributed by atoms with Crippen molar-refractivity contribution < 1.29 is 4.42 Å². The molecule has 84 heavy (non-hydrogen) atoms. The minimum Gasteiger partial charge on any atom is -0.455 e. The zero-order valence-corrected chi connectivity index (χ0v) is 46.3. The zero-order valence-electron chi connectivity index (χ0n) is 46.3. The first kappa shape index (κ1) is 49.0. The molecule has 0 radical (unpaired) electrons. The van der Waals surface area contributed by atoms with E-state index in [1.54, 1.807) is 0 Å². The summed E-state index contributed by atoms with van der Waals surface area (Å²) in [7, 11) is 0. The largest absolute Gasteiger partial charge is 0.455 e. The lowest BCUT2D eigenvalue weighted by Gasteiger charge is -2.46. The molecule has 1 aromatic heterocycles. The van der Waals surface area contributed by atoms with Gasteiger partial charge in [-0.05, 0) is 170 Å². The third-order valence-corrected chi connectivity index (χ3v) is 17.1. The molecule has 14 aromatic rings. The number of furan rings is 1. The summed E-state index contributed by atoms with van der Waals surface area (Å²) in [6.45, 7) is 1.94. The zero-order chi connectivity index (χ0) is 55.7. The lowest BCUT2D eigenvalue weighted by Crippen LogP contribution is -2.61. The van der Waals surface area contributed by atoms with Gasteiger partial charge in [-0.15, -0.1) is 0 Å². The molecule has 0 N–H and O–H groups in total. The average molecular weight is 1070 g/mol. The van der Waals surface area contributed by atoms with Gasteiger partial charge >= 0.3 is 6.85 Å². The lowest BCUT2D eigenvalue weighted by molar-refractivity contribution is 0.670. The highest BCUT2D eigenvalue weighted by Crippen LogP contribution is 2.53. The van der Waals surface area contributed by atoms with E-state index in [9.17, 15) is 0 Å². The molecule has 13 aromatic carbocycles. The van der Waals surface area contributed by atoms with E-state index in [1.807, 2.05) is 0 Å². The summed E-state index contributed by atoms with van der Waals surface area (Å²) in [6.07, 6.45) is 0. The van der Waals surface area contributed by atoms with Gasteiger partial charge in [-0.1, -0.05) is 218 Å². The van der Waals surface area contributed by atoms with Crippen LogP contribution >= 0.6 is 0 Å². The molecule has 2 aliphatic rings. The maximum atomic E-state index is 7.28. The Labute approximate surface area is 490 Å². The molecule has 0 spiro atoms. The minimum atomic E-state index is -0.327. The molecule has 0 unspecified atom stereocenters. The predicted molar refractivity (Wildman–Crippen MR) is 354 cm³/mol. The Hall–Kier alpha value is -10.9. The number of aryl methyl sites for hydroxylation is 1. The smallest absolute Gasteiger partial charge is 0.333 e. The first-order valence-electron chi connectivity index (χ1n) is 28.9. The van der Waals surface area contributed by atoms with Gasteiger partial charge in [0.2, 0.25) is 0 Å². The van der Waals surface area contributed by atoms with E-state index in [1.165, 1.54) is 50.0 Å². The van der Waals surface area contributed by atoms with Crippen LogP contribution in [0, 0.1) is 6.92 Å². The standard InChI is InChI=1S/C79H54BN3O/c1-53-48-62(57-26-13-5-14-27-57)38-45-72(53)82-74-47-44-66(81(64-40-34-59(35-41-64)54-20-7-2-8-21-54)65-42-36-60(37-43-65)55-22-9-3-10-23-55)51-71(74)80-78-75(82)52-69-68-32-17-18-33-76(68)84-79(69)77(78)70-50-63(58-28-15-6-16-29-58)39-46-73(70)83(80)67-31-19-30-61(49-67)56-24-11-4-12-25-56/h2-52H,1H3. The highest BCUT2D eigenvalue weighted by molar-refractivity contribution is 6.94. The highest BCUT2D eigenvalue weighted by Gasteiger charge is 2.47. The van der Waals surface area contributed by atoms with Crippen LogP contribution in [0.4, 0.5) is 45.5 Å². The second-order valence-corrected chi connectivity index (χ2v) is 22.1. The van der Waals surface area contributed by atoms with Crippen LogP contribution in [0.15, 0.2) is 314 Å². The topological polar surface area (TPSA) is 22.9 Å². The van der Waals surface area contributed by atoms with Crippen LogP contribution in [0.1, 0.15) is 5.56 Å². The van der Waals surface area contributed by atoms with Crippen molar-refractivity contribution in [2.75, 3.05) is 14.6 Å². The quantitative estimate of drug-likeness (QED) is 0.127. The van der Waals surface area contributed by atoms with Crippen molar-refractivity contribution in [1.29, 1.82) is 0 Å². The monoisotopic (exact) mass is 1070 g/mol. The Balaban J connectivity index is 0.994. The van der Waals surface area contributed by atoms with E-state index in [4.69, 9.17) is 4.42 Å². The molecule has 0 atom stereocenters. The fourth-order valence-electron chi connectivity index (χ4n) is 13.2. The van der Waals surface area contributed by atoms with Crippen molar-refractivity contribution in [3.63, 3.8) is 0 Å². The third kappa shape index (κ3) is 8.31. The Morgan fingerprint density at radius 2 is 0.786 bits per heavy atom. The number of para-hydroxylation sites is 1. The highest BCUT2D eigenvalue weighted by atomic mass is 16.3. The molecule has 0 aliphatic carbocycles. The van der Waals surface area contributed by atoms with E-state index in [0.717, 1.165) is 101 Å². The van der Waals surface area contributed by atoms with Crippen LogP contribution in [0.2, 0.25) is 0 Å². The molecule has 3 heterocycles. The molecule has 0 bridgehead atoms. The summed E-state index contributed by atoms with van der Waals surface area (Å²) in [5.41, 5.74) is 27.9. The summed E-state index contributed by atoms with van der Waals surface area (Å²) in [5.74, 6) is 0. The number of anilines is 8. The van der Waals surface area contributed by atoms with E-state index < -0.39 is 0 Å². The normalized spacial score (nSPS) is 12.3. The van der Waals surface area contributed by atoms with Crippen molar-refractivity contribution in [2.45, 2.75) is 6.92 Å². The lowest BCUT2D eigenvalue weighted by atomic mass is 9.43. The van der Waals surface area contributed by atoms with Gasteiger partial charge in [-0.25, -0.2) is 0 Å². The van der Waals surface area contributed by atoms with Crippen molar-refractivity contribution in [3.05, 3.63) is 315 Å². The van der Waals surface area contributed by atoms with Gasteiger partial charge in [0.25, 0.3) is 0 Å². The summed E-state index contributed by atoms with van der Waals surface area (Å²) in [6, 6.07) is 113. The molecule has 0 saturated carbocycles. The first-order chi connectivity index (χ1) is 41.6. The maximum Gasteiger partial charge on any atom is 0.333 e. The van der Waals surface area contributed by atoms with Crippen LogP contribution < -0.4 is 25.5 Å². The average Bonchev–Trinajstić information content (AvgIpc) is 1.25. The molecule has 0 amide bonds. The fourth-order valence-corrected chi connectivity index (χ4v) is 13.2. The molecule has 0 saturated heterocycles. The van der Waals surface area contributed by atoms with E-state index in [2.05, 4.69) is 331 Å². The first-order valence-corrected chi connectivity index (χ1v) is 28.9. The summed E-state index contributed by atoms with van der Waals surface area (Å²) < 4.78 is 7.28. The molecule has 2 aliphatic heterocycles. The van der Waals surface area contributed by atoms with Crippen LogP contribution in [0.25, 0.3) is 88.7 Å². The van der Waals surface area contributed by atoms with Crippen LogP contribution in [0.3, 0.4) is 0 Å². The van der Waals surface area contributed by atoms with Gasteiger partial charge in [0, 0.05) is 67.4 Å². The van der Waals surface area contributed by atoms with Crippen LogP contribution in [-0.4, -0.2) is 6.85 Å². The minimum absolute atomic E-state index is 0.327. The summed E-state index contributed by atoms with van der Waals surface area (Å²) in [4.78, 5) is 7.60. The van der Waals surface area contributed by atoms with Crippen LogP contribution in [0.5, 0.6) is 0 Å². The second-order valence-electron chi connectivity index (χ2n) is 22.1. The number of benzene rings is 13.